The van der Waals surface area contributed by atoms with Crippen molar-refractivity contribution < 1.29 is 40.9 Å². The lowest BCUT2D eigenvalue weighted by Gasteiger charge is -2.23. The number of nitrogens with zero attached hydrogens (tertiary/aromatic N) is 3. The summed E-state index contributed by atoms with van der Waals surface area (Å²) in [7, 11) is -1.59. The predicted octanol–water partition coefficient (Wildman–Crippen LogP) is 5.23. The quantitative estimate of drug-likeness (QED) is 0.142. The summed E-state index contributed by atoms with van der Waals surface area (Å²) in [6.45, 7) is -1.02. The van der Waals surface area contributed by atoms with Crippen molar-refractivity contribution in [3.63, 3.8) is 0 Å². The standard InChI is InChI=1S/C34H29Cl2F2N5O9S/c1-49-22-7-3-19(4-8-22)16-42(17-29(39)44)53(47,48)28-15-24(11-12-27(28)51-18-20-5-9-23(50-2)10-6-20)52-31-25(35)13-21(14-26(31)36)43-34(46)40-33(45)30(41-43)32(37)38/h3-15,32H,16-18H2,1-2H3,(H2,39,44)(H,40,45,46). The number of halogens is 4. The maximum Gasteiger partial charge on any atom is 0.349 e. The molecule has 0 aliphatic heterocycles. The first-order valence-electron chi connectivity index (χ1n) is 15.2. The largest absolute Gasteiger partial charge is 0.497 e. The lowest BCUT2D eigenvalue weighted by molar-refractivity contribution is -0.118. The molecule has 1 amide bonds. The molecule has 1 heterocycles. The summed E-state index contributed by atoms with van der Waals surface area (Å²) in [6.07, 6.45) is -3.29. The van der Waals surface area contributed by atoms with E-state index in [-0.39, 0.29) is 46.1 Å². The molecule has 0 atom stereocenters. The summed E-state index contributed by atoms with van der Waals surface area (Å²) >= 11 is 12.9. The van der Waals surface area contributed by atoms with E-state index >= 15 is 0 Å². The van der Waals surface area contributed by atoms with Crippen LogP contribution in [0.5, 0.6) is 28.7 Å². The number of nitrogens with one attached hydrogen (secondary N) is 1. The third-order valence-electron chi connectivity index (χ3n) is 7.44. The Balaban J connectivity index is 1.54. The summed E-state index contributed by atoms with van der Waals surface area (Å²) in [5.41, 5.74) is 2.76. The molecule has 0 saturated heterocycles. The van der Waals surface area contributed by atoms with Crippen molar-refractivity contribution in [1.82, 2.24) is 19.1 Å². The molecule has 1 aromatic heterocycles. The number of aromatic nitrogens is 3. The number of H-pyrrole nitrogens is 1. The first-order valence-corrected chi connectivity index (χ1v) is 17.4. The molecule has 0 aliphatic carbocycles. The highest BCUT2D eigenvalue weighted by Crippen LogP contribution is 2.40. The normalized spacial score (nSPS) is 11.5. The van der Waals surface area contributed by atoms with E-state index in [0.717, 1.165) is 22.5 Å². The van der Waals surface area contributed by atoms with E-state index in [0.29, 0.717) is 27.3 Å². The molecule has 0 fully saturated rings. The number of sulfonamides is 1. The van der Waals surface area contributed by atoms with E-state index in [4.69, 9.17) is 47.9 Å². The molecule has 0 unspecified atom stereocenters. The van der Waals surface area contributed by atoms with Crippen molar-refractivity contribution in [3.8, 4) is 34.4 Å². The zero-order valence-electron chi connectivity index (χ0n) is 27.7. The number of hydrogen-bond acceptors (Lipinski definition) is 10. The van der Waals surface area contributed by atoms with E-state index in [1.54, 1.807) is 53.5 Å². The molecule has 0 aliphatic rings. The summed E-state index contributed by atoms with van der Waals surface area (Å²) in [6, 6.07) is 19.4. The van der Waals surface area contributed by atoms with Crippen LogP contribution < -0.4 is 35.9 Å². The van der Waals surface area contributed by atoms with Gasteiger partial charge in [0.05, 0.1) is 36.5 Å². The molecular weight excluding hydrogens is 763 g/mol. The number of primary amides is 1. The van der Waals surface area contributed by atoms with E-state index in [1.165, 1.54) is 26.4 Å². The predicted molar refractivity (Wildman–Crippen MR) is 189 cm³/mol. The number of alkyl halides is 2. The number of ether oxygens (including phenoxy) is 4. The molecule has 0 saturated carbocycles. The Hall–Kier alpha value is -5.49. The first-order chi connectivity index (χ1) is 25.2. The van der Waals surface area contributed by atoms with E-state index in [9.17, 15) is 31.6 Å². The molecule has 0 spiro atoms. The minimum absolute atomic E-state index is 0.0639. The Labute approximate surface area is 310 Å². The van der Waals surface area contributed by atoms with E-state index in [1.807, 2.05) is 0 Å². The van der Waals surface area contributed by atoms with Crippen LogP contribution in [0.3, 0.4) is 0 Å². The lowest BCUT2D eigenvalue weighted by Crippen LogP contribution is -2.38. The Morgan fingerprint density at radius 1 is 0.906 bits per heavy atom. The number of benzene rings is 4. The van der Waals surface area contributed by atoms with Crippen LogP contribution >= 0.6 is 23.2 Å². The third kappa shape index (κ3) is 9.12. The Morgan fingerprint density at radius 3 is 2.02 bits per heavy atom. The number of carbonyl (C=O) groups is 1. The van der Waals surface area contributed by atoms with Crippen LogP contribution in [0.2, 0.25) is 10.0 Å². The second-order valence-electron chi connectivity index (χ2n) is 11.0. The first kappa shape index (κ1) is 38.7. The van der Waals surface area contributed by atoms with Gasteiger partial charge in [0.15, 0.2) is 11.4 Å². The topological polar surface area (TPSA) is 185 Å². The van der Waals surface area contributed by atoms with Crippen LogP contribution in [0.1, 0.15) is 23.2 Å². The molecule has 5 rings (SSSR count). The second kappa shape index (κ2) is 16.5. The fourth-order valence-corrected chi connectivity index (χ4v) is 6.94. The summed E-state index contributed by atoms with van der Waals surface area (Å²) < 4.78 is 78.9. The number of amides is 1. The summed E-state index contributed by atoms with van der Waals surface area (Å²) in [5.74, 6) is -0.230. The SMILES string of the molecule is COc1ccc(COc2ccc(Oc3c(Cl)cc(-n4nc(C(F)F)c(=O)[nH]c4=O)cc3Cl)cc2S(=O)(=O)N(CC(N)=O)Cc2ccc(OC)cc2)cc1. The zero-order valence-corrected chi connectivity index (χ0v) is 30.0. The molecule has 0 bridgehead atoms. The molecule has 14 nitrogen and oxygen atoms in total. The Bertz CT molecular complexity index is 2340. The highest BCUT2D eigenvalue weighted by molar-refractivity contribution is 7.89. The van der Waals surface area contributed by atoms with Crippen molar-refractivity contribution >= 4 is 39.1 Å². The van der Waals surface area contributed by atoms with Crippen molar-refractivity contribution in [2.45, 2.75) is 24.5 Å². The molecule has 53 heavy (non-hydrogen) atoms. The minimum Gasteiger partial charge on any atom is -0.497 e. The summed E-state index contributed by atoms with van der Waals surface area (Å²) in [4.78, 5) is 37.6. The van der Waals surface area contributed by atoms with Gasteiger partial charge in [-0.15, -0.1) is 0 Å². The molecular formula is C34H29Cl2F2N5O9S. The van der Waals surface area contributed by atoms with Crippen LogP contribution in [-0.4, -0.2) is 54.2 Å². The van der Waals surface area contributed by atoms with Gasteiger partial charge in [0.2, 0.25) is 15.9 Å². The van der Waals surface area contributed by atoms with Gasteiger partial charge >= 0.3 is 5.69 Å². The third-order valence-corrected chi connectivity index (χ3v) is 9.82. The summed E-state index contributed by atoms with van der Waals surface area (Å²) in [5, 5.41) is 2.94. The molecule has 5 aromatic rings. The van der Waals surface area contributed by atoms with Gasteiger partial charge in [-0.3, -0.25) is 14.6 Å². The van der Waals surface area contributed by atoms with Crippen molar-refractivity contribution in [2.75, 3.05) is 20.8 Å². The van der Waals surface area contributed by atoms with Crippen LogP contribution in [0.25, 0.3) is 5.69 Å². The van der Waals surface area contributed by atoms with Gasteiger partial charge in [0.25, 0.3) is 12.0 Å². The molecule has 3 N–H and O–H groups in total. The fourth-order valence-electron chi connectivity index (χ4n) is 4.84. The van der Waals surface area contributed by atoms with Gasteiger partial charge in [0, 0.05) is 12.6 Å². The van der Waals surface area contributed by atoms with E-state index < -0.39 is 50.7 Å². The monoisotopic (exact) mass is 791 g/mol. The molecule has 0 radical (unpaired) electrons. The Morgan fingerprint density at radius 2 is 1.47 bits per heavy atom. The van der Waals surface area contributed by atoms with Crippen molar-refractivity contribution in [2.24, 2.45) is 5.73 Å². The average Bonchev–Trinajstić information content (AvgIpc) is 3.12. The van der Waals surface area contributed by atoms with Crippen LogP contribution in [0.15, 0.2) is 93.3 Å². The number of nitrogens with two attached hydrogens (primary N) is 1. The zero-order chi connectivity index (χ0) is 38.4. The van der Waals surface area contributed by atoms with Gasteiger partial charge < -0.3 is 24.7 Å². The number of methoxy groups -OCH3 is 2. The number of rotatable bonds is 15. The fraction of sp³-hybridized carbons (Fsp3) is 0.176. The highest BCUT2D eigenvalue weighted by Gasteiger charge is 2.31. The van der Waals surface area contributed by atoms with Gasteiger partial charge in [-0.1, -0.05) is 47.5 Å². The van der Waals surface area contributed by atoms with Crippen LogP contribution in [0.4, 0.5) is 8.78 Å². The maximum absolute atomic E-state index is 14.4. The number of carbonyl (C=O) groups excluding carboxylic acids is 1. The number of hydrogen-bond donors (Lipinski definition) is 2. The second-order valence-corrected chi connectivity index (χ2v) is 13.8. The van der Waals surface area contributed by atoms with Crippen LogP contribution in [-0.2, 0) is 28.0 Å². The average molecular weight is 793 g/mol. The number of aromatic amines is 1. The van der Waals surface area contributed by atoms with Gasteiger partial charge in [0.1, 0.15) is 34.5 Å². The molecule has 278 valence electrons. The van der Waals surface area contributed by atoms with E-state index in [2.05, 4.69) is 5.10 Å². The minimum atomic E-state index is -4.58. The molecule has 19 heteroatoms. The van der Waals surface area contributed by atoms with Crippen LogP contribution in [0, 0.1) is 0 Å². The molecule has 4 aromatic carbocycles. The lowest BCUT2D eigenvalue weighted by atomic mass is 10.2. The van der Waals surface area contributed by atoms with Gasteiger partial charge in [-0.2, -0.15) is 14.1 Å². The van der Waals surface area contributed by atoms with Crippen molar-refractivity contribution in [1.29, 1.82) is 0 Å². The Kier molecular flexibility index (Phi) is 12.0. The van der Waals surface area contributed by atoms with Crippen molar-refractivity contribution in [3.05, 3.63) is 127 Å². The highest BCUT2D eigenvalue weighted by atomic mass is 35.5. The van der Waals surface area contributed by atoms with Gasteiger partial charge in [-0.25, -0.2) is 22.0 Å². The maximum atomic E-state index is 14.4. The smallest absolute Gasteiger partial charge is 0.349 e. The van der Waals surface area contributed by atoms with Gasteiger partial charge in [-0.05, 0) is 59.7 Å².